The molecule has 0 unspecified atom stereocenters. The summed E-state index contributed by atoms with van der Waals surface area (Å²) in [6, 6.07) is 7.66. The van der Waals surface area contributed by atoms with Crippen molar-refractivity contribution in [3.63, 3.8) is 0 Å². The first-order valence-electron chi connectivity index (χ1n) is 5.81. The molecule has 1 aromatic heterocycles. The fourth-order valence-corrected chi connectivity index (χ4v) is 2.22. The van der Waals surface area contributed by atoms with Gasteiger partial charge in [0.1, 0.15) is 0 Å². The number of carbonyl (C=O) groups is 2. The molecular weight excluding hydrogens is 230 g/mol. The number of Topliss-reactive ketones (excluding diaryl/α,β-unsaturated/α-hetero) is 1. The molecule has 4 heteroatoms. The number of carboxylic acids is 1. The average molecular weight is 245 g/mol. The van der Waals surface area contributed by atoms with Crippen LogP contribution in [0.3, 0.4) is 0 Å². The van der Waals surface area contributed by atoms with Crippen LogP contribution >= 0.6 is 0 Å². The Balaban J connectivity index is 2.47. The number of aromatic nitrogens is 1. The lowest BCUT2D eigenvalue weighted by Crippen LogP contribution is -2.05. The van der Waals surface area contributed by atoms with E-state index in [0.29, 0.717) is 5.56 Å². The summed E-state index contributed by atoms with van der Waals surface area (Å²) in [4.78, 5) is 22.7. The molecule has 4 nitrogen and oxygen atoms in total. The predicted molar refractivity (Wildman–Crippen MR) is 68.9 cm³/mol. The molecule has 0 atom stereocenters. The topological polar surface area (TPSA) is 59.3 Å². The maximum absolute atomic E-state index is 12.1. The van der Waals surface area contributed by atoms with Crippen molar-refractivity contribution in [1.82, 2.24) is 4.57 Å². The Morgan fingerprint density at radius 1 is 1.22 bits per heavy atom. The Kier molecular flexibility index (Phi) is 3.19. The molecule has 0 radical (unpaired) electrons. The van der Waals surface area contributed by atoms with Crippen LogP contribution in [0.5, 0.6) is 0 Å². The molecule has 18 heavy (non-hydrogen) atoms. The van der Waals surface area contributed by atoms with E-state index < -0.39 is 5.97 Å². The van der Waals surface area contributed by atoms with Crippen LogP contribution in [0.25, 0.3) is 10.9 Å². The molecule has 0 amide bonds. The fraction of sp³-hybridized carbons (Fsp3) is 0.286. The second-order valence-corrected chi connectivity index (χ2v) is 4.35. The van der Waals surface area contributed by atoms with Gasteiger partial charge >= 0.3 is 5.97 Å². The zero-order chi connectivity index (χ0) is 13.3. The Hall–Kier alpha value is -2.10. The Labute approximate surface area is 105 Å². The van der Waals surface area contributed by atoms with Gasteiger partial charge < -0.3 is 9.67 Å². The summed E-state index contributed by atoms with van der Waals surface area (Å²) in [5, 5.41) is 9.54. The number of fused-ring (bicyclic) bond motifs is 1. The Bertz CT molecular complexity index is 625. The lowest BCUT2D eigenvalue weighted by atomic mass is 10.0. The summed E-state index contributed by atoms with van der Waals surface area (Å²) in [7, 11) is 1.91. The first-order chi connectivity index (χ1) is 8.52. The molecule has 0 fully saturated rings. The van der Waals surface area contributed by atoms with E-state index in [1.165, 1.54) is 0 Å². The summed E-state index contributed by atoms with van der Waals surface area (Å²) in [6.07, 6.45) is -0.0777. The number of benzene rings is 1. The van der Waals surface area contributed by atoms with E-state index >= 15 is 0 Å². The van der Waals surface area contributed by atoms with Gasteiger partial charge in [-0.1, -0.05) is 18.2 Å². The molecule has 0 aliphatic carbocycles. The maximum Gasteiger partial charge on any atom is 0.303 e. The van der Waals surface area contributed by atoms with Crippen molar-refractivity contribution >= 4 is 22.7 Å². The maximum atomic E-state index is 12.1. The molecule has 0 aliphatic rings. The van der Waals surface area contributed by atoms with Gasteiger partial charge in [0.25, 0.3) is 0 Å². The van der Waals surface area contributed by atoms with Gasteiger partial charge in [0.15, 0.2) is 5.78 Å². The van der Waals surface area contributed by atoms with Crippen LogP contribution in [0.1, 0.15) is 28.9 Å². The number of para-hydroxylation sites is 1. The minimum atomic E-state index is -0.943. The SMILES string of the molecule is Cc1c(C(=O)CCC(=O)O)c2ccccc2n1C. The third-order valence-electron chi connectivity index (χ3n) is 3.24. The summed E-state index contributed by atoms with van der Waals surface area (Å²) >= 11 is 0. The quantitative estimate of drug-likeness (QED) is 0.842. The molecule has 0 saturated carbocycles. The second-order valence-electron chi connectivity index (χ2n) is 4.35. The molecular formula is C14H15NO3. The standard InChI is InChI=1S/C14H15NO3/c1-9-14(12(16)7-8-13(17)18)10-5-3-4-6-11(10)15(9)2/h3-6H,7-8H2,1-2H3,(H,17,18). The van der Waals surface area contributed by atoms with Gasteiger partial charge in [0.05, 0.1) is 6.42 Å². The smallest absolute Gasteiger partial charge is 0.303 e. The normalized spacial score (nSPS) is 10.8. The highest BCUT2D eigenvalue weighted by atomic mass is 16.4. The van der Waals surface area contributed by atoms with Crippen LogP contribution in [0.4, 0.5) is 0 Å². The van der Waals surface area contributed by atoms with Gasteiger partial charge in [-0.05, 0) is 13.0 Å². The Morgan fingerprint density at radius 2 is 1.89 bits per heavy atom. The van der Waals surface area contributed by atoms with Crippen LogP contribution in [0.2, 0.25) is 0 Å². The van der Waals surface area contributed by atoms with E-state index in [4.69, 9.17) is 5.11 Å². The van der Waals surface area contributed by atoms with E-state index in [1.54, 1.807) is 0 Å². The van der Waals surface area contributed by atoms with Crippen LogP contribution in [-0.4, -0.2) is 21.4 Å². The molecule has 0 bridgehead atoms. The van der Waals surface area contributed by atoms with E-state index in [9.17, 15) is 9.59 Å². The van der Waals surface area contributed by atoms with Gasteiger partial charge in [-0.2, -0.15) is 0 Å². The number of rotatable bonds is 4. The number of ketones is 1. The zero-order valence-electron chi connectivity index (χ0n) is 10.4. The monoisotopic (exact) mass is 245 g/mol. The van der Waals surface area contributed by atoms with Gasteiger partial charge in [-0.15, -0.1) is 0 Å². The zero-order valence-corrected chi connectivity index (χ0v) is 10.4. The number of nitrogens with zero attached hydrogens (tertiary/aromatic N) is 1. The highest BCUT2D eigenvalue weighted by Gasteiger charge is 2.18. The van der Waals surface area contributed by atoms with Gasteiger partial charge in [-0.3, -0.25) is 9.59 Å². The van der Waals surface area contributed by atoms with Gasteiger partial charge in [0.2, 0.25) is 0 Å². The van der Waals surface area contributed by atoms with Crippen LogP contribution in [0, 0.1) is 6.92 Å². The largest absolute Gasteiger partial charge is 0.481 e. The number of carboxylic acid groups (broad SMARTS) is 1. The molecule has 2 rings (SSSR count). The number of carbonyl (C=O) groups excluding carboxylic acids is 1. The minimum absolute atomic E-state index is 0.0458. The molecule has 1 N–H and O–H groups in total. The third-order valence-corrected chi connectivity index (χ3v) is 3.24. The van der Waals surface area contributed by atoms with Crippen molar-refractivity contribution in [2.75, 3.05) is 0 Å². The molecule has 2 aromatic rings. The van der Waals surface area contributed by atoms with Gasteiger partial charge in [0, 0.05) is 35.6 Å². The van der Waals surface area contributed by atoms with E-state index in [1.807, 2.05) is 42.8 Å². The van der Waals surface area contributed by atoms with E-state index in [2.05, 4.69) is 0 Å². The fourth-order valence-electron chi connectivity index (χ4n) is 2.22. The highest BCUT2D eigenvalue weighted by Crippen LogP contribution is 2.26. The minimum Gasteiger partial charge on any atom is -0.481 e. The molecule has 0 spiro atoms. The van der Waals surface area contributed by atoms with Crippen molar-refractivity contribution in [2.45, 2.75) is 19.8 Å². The second kappa shape index (κ2) is 4.64. The van der Waals surface area contributed by atoms with Crippen molar-refractivity contribution in [2.24, 2.45) is 7.05 Å². The molecule has 0 saturated heterocycles. The predicted octanol–water partition coefficient (Wildman–Crippen LogP) is 2.53. The first kappa shape index (κ1) is 12.4. The van der Waals surface area contributed by atoms with E-state index in [0.717, 1.165) is 16.6 Å². The molecule has 0 aliphatic heterocycles. The molecule has 94 valence electrons. The summed E-state index contributed by atoms with van der Waals surface area (Å²) in [5.74, 6) is -1.05. The van der Waals surface area contributed by atoms with Crippen LogP contribution in [0.15, 0.2) is 24.3 Å². The van der Waals surface area contributed by atoms with E-state index in [-0.39, 0.29) is 18.6 Å². The van der Waals surface area contributed by atoms with Crippen molar-refractivity contribution < 1.29 is 14.7 Å². The number of aryl methyl sites for hydroxylation is 1. The van der Waals surface area contributed by atoms with Crippen molar-refractivity contribution in [3.05, 3.63) is 35.5 Å². The summed E-state index contributed by atoms with van der Waals surface area (Å²) in [5.41, 5.74) is 2.52. The number of hydrogen-bond acceptors (Lipinski definition) is 2. The first-order valence-corrected chi connectivity index (χ1v) is 5.81. The lowest BCUT2D eigenvalue weighted by molar-refractivity contribution is -0.136. The average Bonchev–Trinajstić information content (AvgIpc) is 2.60. The highest BCUT2D eigenvalue weighted by molar-refractivity contribution is 6.10. The lowest BCUT2D eigenvalue weighted by Gasteiger charge is -2.00. The third kappa shape index (κ3) is 2.01. The Morgan fingerprint density at radius 3 is 2.56 bits per heavy atom. The van der Waals surface area contributed by atoms with Crippen LogP contribution < -0.4 is 0 Å². The van der Waals surface area contributed by atoms with Crippen molar-refractivity contribution in [1.29, 1.82) is 0 Å². The number of aliphatic carboxylic acids is 1. The molecule has 1 heterocycles. The van der Waals surface area contributed by atoms with Gasteiger partial charge in [-0.25, -0.2) is 0 Å². The number of hydrogen-bond donors (Lipinski definition) is 1. The van der Waals surface area contributed by atoms with Crippen LogP contribution in [-0.2, 0) is 11.8 Å². The summed E-state index contributed by atoms with van der Waals surface area (Å²) in [6.45, 7) is 1.88. The van der Waals surface area contributed by atoms with Crippen molar-refractivity contribution in [3.8, 4) is 0 Å². The summed E-state index contributed by atoms with van der Waals surface area (Å²) < 4.78 is 1.96. The molecule has 1 aromatic carbocycles.